The van der Waals surface area contributed by atoms with Crippen LogP contribution in [0.2, 0.25) is 0 Å². The van der Waals surface area contributed by atoms with Gasteiger partial charge in [-0.05, 0) is 30.4 Å². The second kappa shape index (κ2) is 8.57. The molecular weight excluding hydrogens is 408 g/mol. The summed E-state index contributed by atoms with van der Waals surface area (Å²) in [6.07, 6.45) is 3.10. The van der Waals surface area contributed by atoms with Gasteiger partial charge in [0.1, 0.15) is 0 Å². The van der Waals surface area contributed by atoms with E-state index in [-0.39, 0.29) is 45.7 Å². The molecule has 0 saturated heterocycles. The van der Waals surface area contributed by atoms with Crippen LogP contribution in [-0.4, -0.2) is 36.1 Å². The van der Waals surface area contributed by atoms with Gasteiger partial charge in [0.15, 0.2) is 18.2 Å². The molecule has 2 aliphatic carbocycles. The van der Waals surface area contributed by atoms with E-state index in [0.29, 0.717) is 17.4 Å². The molecule has 3 N–H and O–H groups in total. The number of esters is 1. The number of fused-ring (bicyclic) bond motifs is 2. The fraction of sp³-hybridized carbons (Fsp3) is 0.360. The maximum absolute atomic E-state index is 12.9. The minimum absolute atomic E-state index is 0.00220. The van der Waals surface area contributed by atoms with Crippen LogP contribution in [-0.2, 0) is 9.53 Å². The molecular formula is C25H26N2O5. The van der Waals surface area contributed by atoms with Crippen LogP contribution in [0.1, 0.15) is 75.3 Å². The van der Waals surface area contributed by atoms with Crippen molar-refractivity contribution < 1.29 is 23.9 Å². The van der Waals surface area contributed by atoms with Crippen molar-refractivity contribution in [2.45, 2.75) is 39.2 Å². The Morgan fingerprint density at radius 1 is 1.00 bits per heavy atom. The number of hydrogen-bond donors (Lipinski definition) is 2. The van der Waals surface area contributed by atoms with Crippen LogP contribution in [0, 0.1) is 11.8 Å². The van der Waals surface area contributed by atoms with Gasteiger partial charge in [0, 0.05) is 22.7 Å². The first-order chi connectivity index (χ1) is 15.3. The Morgan fingerprint density at radius 3 is 2.41 bits per heavy atom. The third kappa shape index (κ3) is 3.79. The van der Waals surface area contributed by atoms with Gasteiger partial charge in [0.25, 0.3) is 5.91 Å². The number of ether oxygens (including phenoxy) is 1. The van der Waals surface area contributed by atoms with Crippen molar-refractivity contribution in [1.29, 1.82) is 0 Å². The van der Waals surface area contributed by atoms with Crippen LogP contribution in [0.3, 0.4) is 0 Å². The summed E-state index contributed by atoms with van der Waals surface area (Å²) in [6, 6.07) is 9.31. The standard InChI is InChI=1S/C25H26N2O5/c1-13-6-5-9-19(14(13)2)27-20(28)12-32-25(31)18-11-10-17-21(22(18)26)24(30)16-8-4-3-7-15(16)23(17)29/h3-4,7-8,10-11,13-14,19H,5-6,9,12,26H2,1-2H3,(H,27,28). The van der Waals surface area contributed by atoms with Crippen LogP contribution in [0.5, 0.6) is 0 Å². The number of carbonyl (C=O) groups is 4. The molecule has 7 nitrogen and oxygen atoms in total. The number of carbonyl (C=O) groups excluding carboxylic acids is 4. The highest BCUT2D eigenvalue weighted by Gasteiger charge is 2.33. The molecule has 0 aliphatic heterocycles. The molecule has 3 atom stereocenters. The number of rotatable bonds is 4. The van der Waals surface area contributed by atoms with Gasteiger partial charge in [0.05, 0.1) is 16.8 Å². The van der Waals surface area contributed by atoms with Gasteiger partial charge in [-0.15, -0.1) is 0 Å². The van der Waals surface area contributed by atoms with Crippen LogP contribution in [0.25, 0.3) is 0 Å². The smallest absolute Gasteiger partial charge is 0.340 e. The lowest BCUT2D eigenvalue weighted by atomic mass is 9.78. The van der Waals surface area contributed by atoms with Crippen molar-refractivity contribution in [3.8, 4) is 0 Å². The summed E-state index contributed by atoms with van der Waals surface area (Å²) in [5.74, 6) is -1.05. The molecule has 3 unspecified atom stereocenters. The zero-order valence-electron chi connectivity index (χ0n) is 18.1. The number of nitrogens with one attached hydrogen (secondary N) is 1. The number of anilines is 1. The Hall–Kier alpha value is -3.48. The van der Waals surface area contributed by atoms with Crippen molar-refractivity contribution in [3.05, 3.63) is 64.2 Å². The minimum Gasteiger partial charge on any atom is -0.452 e. The average molecular weight is 434 g/mol. The zero-order valence-corrected chi connectivity index (χ0v) is 18.1. The molecule has 1 fully saturated rings. The number of ketones is 2. The molecule has 1 amide bonds. The van der Waals surface area contributed by atoms with Crippen molar-refractivity contribution in [2.24, 2.45) is 11.8 Å². The number of hydrogen-bond acceptors (Lipinski definition) is 6. The van der Waals surface area contributed by atoms with Gasteiger partial charge >= 0.3 is 5.97 Å². The summed E-state index contributed by atoms with van der Waals surface area (Å²) in [4.78, 5) is 50.7. The molecule has 2 aliphatic rings. The maximum Gasteiger partial charge on any atom is 0.340 e. The molecule has 0 heterocycles. The highest BCUT2D eigenvalue weighted by atomic mass is 16.5. The highest BCUT2D eigenvalue weighted by molar-refractivity contribution is 6.30. The normalized spacial score (nSPS) is 22.0. The summed E-state index contributed by atoms with van der Waals surface area (Å²) < 4.78 is 5.17. The molecule has 2 aromatic carbocycles. The lowest BCUT2D eigenvalue weighted by molar-refractivity contribution is -0.125. The Labute approximate surface area is 186 Å². The Bertz CT molecular complexity index is 1120. The molecule has 0 spiro atoms. The molecule has 32 heavy (non-hydrogen) atoms. The van der Waals surface area contributed by atoms with Crippen molar-refractivity contribution in [2.75, 3.05) is 12.3 Å². The van der Waals surface area contributed by atoms with Crippen molar-refractivity contribution >= 4 is 29.1 Å². The highest BCUT2D eigenvalue weighted by Crippen LogP contribution is 2.33. The largest absolute Gasteiger partial charge is 0.452 e. The zero-order chi connectivity index (χ0) is 23.0. The van der Waals surface area contributed by atoms with E-state index >= 15 is 0 Å². The molecule has 7 heteroatoms. The summed E-state index contributed by atoms with van der Waals surface area (Å²) >= 11 is 0. The van der Waals surface area contributed by atoms with Gasteiger partial charge in [-0.25, -0.2) is 4.79 Å². The second-order valence-corrected chi connectivity index (χ2v) is 8.67. The Kier molecular flexibility index (Phi) is 5.82. The fourth-order valence-electron chi connectivity index (χ4n) is 4.63. The summed E-state index contributed by atoms with van der Waals surface area (Å²) in [7, 11) is 0. The number of benzene rings is 2. The van der Waals surface area contributed by atoms with Gasteiger partial charge in [-0.3, -0.25) is 14.4 Å². The summed E-state index contributed by atoms with van der Waals surface area (Å²) in [6.45, 7) is 3.85. The fourth-order valence-corrected chi connectivity index (χ4v) is 4.63. The molecule has 4 rings (SSSR count). The Balaban J connectivity index is 1.48. The third-order valence-electron chi connectivity index (χ3n) is 6.74. The molecule has 0 aromatic heterocycles. The third-order valence-corrected chi connectivity index (χ3v) is 6.74. The SMILES string of the molecule is CC1CCCC(NC(=O)COC(=O)c2ccc3c(c2N)C(=O)c2ccccc2C3=O)C1C. The monoisotopic (exact) mass is 434 g/mol. The average Bonchev–Trinajstić information content (AvgIpc) is 2.78. The van der Waals surface area contributed by atoms with Gasteiger partial charge in [-0.2, -0.15) is 0 Å². The molecule has 166 valence electrons. The van der Waals surface area contributed by atoms with E-state index in [2.05, 4.69) is 19.2 Å². The van der Waals surface area contributed by atoms with Crippen LogP contribution < -0.4 is 11.1 Å². The van der Waals surface area contributed by atoms with E-state index < -0.39 is 18.4 Å². The predicted molar refractivity (Wildman–Crippen MR) is 119 cm³/mol. The van der Waals surface area contributed by atoms with Crippen LogP contribution in [0.4, 0.5) is 5.69 Å². The van der Waals surface area contributed by atoms with E-state index in [1.807, 2.05) is 0 Å². The second-order valence-electron chi connectivity index (χ2n) is 8.67. The number of amides is 1. The van der Waals surface area contributed by atoms with Crippen molar-refractivity contribution in [1.82, 2.24) is 5.32 Å². The van der Waals surface area contributed by atoms with Crippen LogP contribution in [0.15, 0.2) is 36.4 Å². The first-order valence-electron chi connectivity index (χ1n) is 10.9. The number of nitrogen functional groups attached to an aromatic ring is 1. The lowest BCUT2D eigenvalue weighted by Gasteiger charge is -2.34. The molecule has 0 bridgehead atoms. The molecule has 0 radical (unpaired) electrons. The van der Waals surface area contributed by atoms with E-state index in [4.69, 9.17) is 10.5 Å². The molecule has 2 aromatic rings. The topological polar surface area (TPSA) is 116 Å². The first-order valence-corrected chi connectivity index (χ1v) is 10.9. The number of nitrogens with two attached hydrogens (primary N) is 1. The Morgan fingerprint density at radius 2 is 1.69 bits per heavy atom. The predicted octanol–water partition coefficient (Wildman–Crippen LogP) is 3.14. The van der Waals surface area contributed by atoms with Crippen LogP contribution >= 0.6 is 0 Å². The van der Waals surface area contributed by atoms with Gasteiger partial charge in [-0.1, -0.05) is 51.0 Å². The quantitative estimate of drug-likeness (QED) is 0.481. The van der Waals surface area contributed by atoms with Crippen molar-refractivity contribution in [3.63, 3.8) is 0 Å². The van der Waals surface area contributed by atoms with Gasteiger partial charge in [0.2, 0.25) is 0 Å². The summed E-state index contributed by atoms with van der Waals surface area (Å²) in [5.41, 5.74) is 6.68. The van der Waals surface area contributed by atoms with E-state index in [9.17, 15) is 19.2 Å². The van der Waals surface area contributed by atoms with E-state index in [1.54, 1.807) is 24.3 Å². The lowest BCUT2D eigenvalue weighted by Crippen LogP contribution is -2.45. The minimum atomic E-state index is -0.815. The summed E-state index contributed by atoms with van der Waals surface area (Å²) in [5, 5.41) is 2.95. The van der Waals surface area contributed by atoms with E-state index in [1.165, 1.54) is 12.1 Å². The van der Waals surface area contributed by atoms with E-state index in [0.717, 1.165) is 19.3 Å². The molecule has 1 saturated carbocycles. The van der Waals surface area contributed by atoms with Gasteiger partial charge < -0.3 is 15.8 Å². The first kappa shape index (κ1) is 21.7. The maximum atomic E-state index is 12.9.